The molecule has 0 radical (unpaired) electrons. The van der Waals surface area contributed by atoms with Gasteiger partial charge in [-0.25, -0.2) is 4.39 Å². The van der Waals surface area contributed by atoms with Crippen LogP contribution in [0.3, 0.4) is 0 Å². The highest BCUT2D eigenvalue weighted by molar-refractivity contribution is 8.00. The zero-order valence-corrected chi connectivity index (χ0v) is 17.5. The number of nitrogens with one attached hydrogen (secondary N) is 1. The van der Waals surface area contributed by atoms with Crippen LogP contribution in [0.5, 0.6) is 0 Å². The van der Waals surface area contributed by atoms with Crippen LogP contribution < -0.4 is 10.2 Å². The molecule has 0 spiro atoms. The molecule has 0 aliphatic carbocycles. The minimum Gasteiger partial charge on any atom is -0.322 e. The van der Waals surface area contributed by atoms with Crippen LogP contribution in [0.15, 0.2) is 66.7 Å². The number of aryl methyl sites for hydroxylation is 2. The summed E-state index contributed by atoms with van der Waals surface area (Å²) in [6.45, 7) is 4.05. The van der Waals surface area contributed by atoms with Gasteiger partial charge in [0, 0.05) is 16.9 Å². The predicted molar refractivity (Wildman–Crippen MR) is 119 cm³/mol. The largest absolute Gasteiger partial charge is 0.322 e. The van der Waals surface area contributed by atoms with E-state index in [-0.39, 0.29) is 23.0 Å². The minimum atomic E-state index is -0.382. The monoisotopic (exact) mass is 420 g/mol. The van der Waals surface area contributed by atoms with Gasteiger partial charge in [-0.1, -0.05) is 29.8 Å². The highest BCUT2D eigenvalue weighted by Crippen LogP contribution is 2.43. The number of amides is 2. The first kappa shape index (κ1) is 20.2. The number of nitrogens with zero attached hydrogens (tertiary/aromatic N) is 1. The van der Waals surface area contributed by atoms with Crippen molar-refractivity contribution in [1.82, 2.24) is 0 Å². The van der Waals surface area contributed by atoms with E-state index in [9.17, 15) is 14.0 Å². The van der Waals surface area contributed by atoms with E-state index in [1.807, 2.05) is 55.1 Å². The van der Waals surface area contributed by atoms with Crippen molar-refractivity contribution >= 4 is 35.0 Å². The number of carbonyl (C=O) groups is 2. The van der Waals surface area contributed by atoms with E-state index in [1.54, 1.807) is 11.8 Å². The standard InChI is InChI=1S/C24H21FN2O2S/c1-15-3-12-21(16(2)13-15)27-22(28)14-30-24(27)18-6-10-20(11-7-18)26-23(29)17-4-8-19(25)9-5-17/h3-13,24H,14H2,1-2H3,(H,26,29). The van der Waals surface area contributed by atoms with Crippen LogP contribution in [0.2, 0.25) is 0 Å². The summed E-state index contributed by atoms with van der Waals surface area (Å²) >= 11 is 1.59. The van der Waals surface area contributed by atoms with Crippen LogP contribution in [0.4, 0.5) is 15.8 Å². The quantitative estimate of drug-likeness (QED) is 0.609. The average molecular weight is 421 g/mol. The minimum absolute atomic E-state index is 0.0886. The Labute approximate surface area is 179 Å². The fourth-order valence-electron chi connectivity index (χ4n) is 3.54. The zero-order valence-electron chi connectivity index (χ0n) is 16.7. The number of halogens is 1. The summed E-state index contributed by atoms with van der Waals surface area (Å²) in [5.41, 5.74) is 5.17. The molecule has 1 atom stereocenters. The molecule has 4 rings (SSSR count). The van der Waals surface area contributed by atoms with Gasteiger partial charge in [-0.3, -0.25) is 14.5 Å². The van der Waals surface area contributed by atoms with Gasteiger partial charge in [-0.15, -0.1) is 11.8 Å². The Hall–Kier alpha value is -3.12. The summed E-state index contributed by atoms with van der Waals surface area (Å²) < 4.78 is 13.0. The molecular formula is C24H21FN2O2S. The molecule has 30 heavy (non-hydrogen) atoms. The second-order valence-electron chi connectivity index (χ2n) is 7.30. The van der Waals surface area contributed by atoms with Gasteiger partial charge in [-0.2, -0.15) is 0 Å². The molecule has 1 aliphatic heterocycles. The van der Waals surface area contributed by atoms with Crippen molar-refractivity contribution < 1.29 is 14.0 Å². The molecule has 3 aromatic carbocycles. The number of benzene rings is 3. The van der Waals surface area contributed by atoms with Crippen molar-refractivity contribution in [3.05, 3.63) is 94.8 Å². The number of hydrogen-bond acceptors (Lipinski definition) is 3. The van der Waals surface area contributed by atoms with Gasteiger partial charge < -0.3 is 5.32 Å². The number of thioether (sulfide) groups is 1. The smallest absolute Gasteiger partial charge is 0.255 e. The molecule has 1 heterocycles. The topological polar surface area (TPSA) is 49.4 Å². The first-order chi connectivity index (χ1) is 14.4. The van der Waals surface area contributed by atoms with Crippen LogP contribution >= 0.6 is 11.8 Å². The van der Waals surface area contributed by atoms with Crippen molar-refractivity contribution in [2.75, 3.05) is 16.0 Å². The molecule has 1 unspecified atom stereocenters. The van der Waals surface area contributed by atoms with Crippen LogP contribution in [0.1, 0.15) is 32.4 Å². The highest BCUT2D eigenvalue weighted by atomic mass is 32.2. The number of hydrogen-bond donors (Lipinski definition) is 1. The first-order valence-corrected chi connectivity index (χ1v) is 10.6. The van der Waals surface area contributed by atoms with Crippen molar-refractivity contribution in [3.63, 3.8) is 0 Å². The Morgan fingerprint density at radius 3 is 2.40 bits per heavy atom. The maximum atomic E-state index is 13.0. The molecule has 0 saturated carbocycles. The van der Waals surface area contributed by atoms with Crippen LogP contribution in [-0.2, 0) is 4.79 Å². The third-order valence-corrected chi connectivity index (χ3v) is 6.25. The number of anilines is 2. The molecule has 0 bridgehead atoms. The van der Waals surface area contributed by atoms with Gasteiger partial charge in [-0.05, 0) is 67.4 Å². The summed E-state index contributed by atoms with van der Waals surface area (Å²) in [6, 6.07) is 19.0. The Balaban J connectivity index is 1.53. The lowest BCUT2D eigenvalue weighted by molar-refractivity contribution is -0.115. The number of rotatable bonds is 4. The number of carbonyl (C=O) groups excluding carboxylic acids is 2. The Morgan fingerprint density at radius 2 is 1.73 bits per heavy atom. The molecule has 1 aliphatic rings. The third kappa shape index (κ3) is 4.09. The molecule has 4 nitrogen and oxygen atoms in total. The van der Waals surface area contributed by atoms with Crippen molar-refractivity contribution in [2.24, 2.45) is 0 Å². The normalized spacial score (nSPS) is 16.0. The SMILES string of the molecule is Cc1ccc(N2C(=O)CSC2c2ccc(NC(=O)c3ccc(F)cc3)cc2)c(C)c1. The molecular weight excluding hydrogens is 399 g/mol. The van der Waals surface area contributed by atoms with E-state index in [0.29, 0.717) is 17.0 Å². The molecule has 3 aromatic rings. The Bertz CT molecular complexity index is 1100. The Kier molecular flexibility index (Phi) is 5.59. The highest BCUT2D eigenvalue weighted by Gasteiger charge is 2.34. The van der Waals surface area contributed by atoms with Crippen molar-refractivity contribution in [3.8, 4) is 0 Å². The molecule has 152 valence electrons. The second-order valence-corrected chi connectivity index (χ2v) is 8.37. The predicted octanol–water partition coefficient (Wildman–Crippen LogP) is 5.47. The summed E-state index contributed by atoms with van der Waals surface area (Å²) in [5, 5.41) is 2.70. The summed E-state index contributed by atoms with van der Waals surface area (Å²) in [5.74, 6) is -0.162. The van der Waals surface area contributed by atoms with E-state index < -0.39 is 0 Å². The van der Waals surface area contributed by atoms with Gasteiger partial charge in [0.1, 0.15) is 11.2 Å². The van der Waals surface area contributed by atoms with Crippen LogP contribution in [-0.4, -0.2) is 17.6 Å². The summed E-state index contributed by atoms with van der Waals surface area (Å²) in [4.78, 5) is 26.8. The van der Waals surface area contributed by atoms with Gasteiger partial charge in [0.25, 0.3) is 5.91 Å². The van der Waals surface area contributed by atoms with Gasteiger partial charge in [0.05, 0.1) is 5.75 Å². The van der Waals surface area contributed by atoms with E-state index in [2.05, 4.69) is 11.4 Å². The lowest BCUT2D eigenvalue weighted by atomic mass is 10.1. The fourth-order valence-corrected chi connectivity index (χ4v) is 4.71. The lowest BCUT2D eigenvalue weighted by Gasteiger charge is -2.26. The fraction of sp³-hybridized carbons (Fsp3) is 0.167. The van der Waals surface area contributed by atoms with E-state index in [4.69, 9.17) is 0 Å². The van der Waals surface area contributed by atoms with E-state index in [0.717, 1.165) is 22.4 Å². The molecule has 0 aromatic heterocycles. The molecule has 6 heteroatoms. The van der Waals surface area contributed by atoms with Gasteiger partial charge >= 0.3 is 0 Å². The third-order valence-electron chi connectivity index (χ3n) is 5.04. The summed E-state index contributed by atoms with van der Waals surface area (Å²) in [7, 11) is 0. The Morgan fingerprint density at radius 1 is 1.03 bits per heavy atom. The maximum absolute atomic E-state index is 13.0. The van der Waals surface area contributed by atoms with E-state index in [1.165, 1.54) is 24.3 Å². The lowest BCUT2D eigenvalue weighted by Crippen LogP contribution is -2.28. The van der Waals surface area contributed by atoms with Gasteiger partial charge in [0.15, 0.2) is 0 Å². The van der Waals surface area contributed by atoms with Crippen LogP contribution in [0.25, 0.3) is 0 Å². The maximum Gasteiger partial charge on any atom is 0.255 e. The average Bonchev–Trinajstić information content (AvgIpc) is 3.10. The molecule has 1 fully saturated rings. The van der Waals surface area contributed by atoms with E-state index >= 15 is 0 Å². The van der Waals surface area contributed by atoms with Crippen molar-refractivity contribution in [1.29, 1.82) is 0 Å². The second kappa shape index (κ2) is 8.32. The summed E-state index contributed by atoms with van der Waals surface area (Å²) in [6.07, 6.45) is 0. The first-order valence-electron chi connectivity index (χ1n) is 9.60. The molecule has 2 amide bonds. The van der Waals surface area contributed by atoms with Crippen molar-refractivity contribution in [2.45, 2.75) is 19.2 Å². The molecule has 1 saturated heterocycles. The van der Waals surface area contributed by atoms with Gasteiger partial charge in [0.2, 0.25) is 5.91 Å². The van der Waals surface area contributed by atoms with Crippen LogP contribution in [0, 0.1) is 19.7 Å². The zero-order chi connectivity index (χ0) is 21.3. The molecule has 1 N–H and O–H groups in total.